The lowest BCUT2D eigenvalue weighted by atomic mass is 9.86. The van der Waals surface area contributed by atoms with Gasteiger partial charge in [0.15, 0.2) is 0 Å². The summed E-state index contributed by atoms with van der Waals surface area (Å²) in [6.45, 7) is 5.44. The lowest BCUT2D eigenvalue weighted by Crippen LogP contribution is -2.61. The first-order chi connectivity index (χ1) is 8.21. The Hall–Kier alpha value is -1.63. The molecule has 0 bridgehead atoms. The fourth-order valence-corrected chi connectivity index (χ4v) is 1.64. The van der Waals surface area contributed by atoms with Crippen molar-refractivity contribution in [1.82, 2.24) is 16.0 Å². The third-order valence-electron chi connectivity index (χ3n) is 2.73. The van der Waals surface area contributed by atoms with Gasteiger partial charge in [-0.05, 0) is 5.41 Å². The number of amides is 2. The first-order valence-electron chi connectivity index (χ1n) is 5.75. The molecule has 1 heterocycles. The minimum atomic E-state index is -1.07. The van der Waals surface area contributed by atoms with Crippen molar-refractivity contribution < 1.29 is 19.5 Å². The molecule has 7 heteroatoms. The summed E-state index contributed by atoms with van der Waals surface area (Å²) in [7, 11) is 0. The van der Waals surface area contributed by atoms with Gasteiger partial charge in [-0.2, -0.15) is 0 Å². The molecule has 1 aliphatic heterocycles. The highest BCUT2D eigenvalue weighted by Crippen LogP contribution is 2.19. The largest absolute Gasteiger partial charge is 0.480 e. The van der Waals surface area contributed by atoms with Crippen molar-refractivity contribution in [2.75, 3.05) is 13.1 Å². The fourth-order valence-electron chi connectivity index (χ4n) is 1.64. The molecule has 1 fully saturated rings. The van der Waals surface area contributed by atoms with Crippen LogP contribution in [-0.2, 0) is 14.4 Å². The Bertz CT molecular complexity index is 352. The first-order valence-corrected chi connectivity index (χ1v) is 5.75. The van der Waals surface area contributed by atoms with Gasteiger partial charge in [0.2, 0.25) is 11.8 Å². The predicted molar refractivity (Wildman–Crippen MR) is 63.8 cm³/mol. The summed E-state index contributed by atoms with van der Waals surface area (Å²) in [5, 5.41) is 16.9. The van der Waals surface area contributed by atoms with Crippen molar-refractivity contribution in [1.29, 1.82) is 0 Å². The maximum atomic E-state index is 11.9. The van der Waals surface area contributed by atoms with Gasteiger partial charge in [0.1, 0.15) is 12.1 Å². The minimum absolute atomic E-state index is 0.0609. The van der Waals surface area contributed by atoms with Crippen LogP contribution in [0.15, 0.2) is 0 Å². The summed E-state index contributed by atoms with van der Waals surface area (Å²) in [4.78, 5) is 33.9. The zero-order chi connectivity index (χ0) is 13.9. The number of carboxylic acid groups (broad SMARTS) is 1. The molecule has 18 heavy (non-hydrogen) atoms. The van der Waals surface area contributed by atoms with E-state index >= 15 is 0 Å². The fraction of sp³-hybridized carbons (Fsp3) is 0.727. The van der Waals surface area contributed by atoms with Gasteiger partial charge in [0.25, 0.3) is 0 Å². The van der Waals surface area contributed by atoms with Crippen LogP contribution < -0.4 is 16.0 Å². The van der Waals surface area contributed by atoms with E-state index in [9.17, 15) is 14.4 Å². The molecule has 1 saturated heterocycles. The Morgan fingerprint density at radius 1 is 1.44 bits per heavy atom. The number of hydrogen-bond donors (Lipinski definition) is 4. The Morgan fingerprint density at radius 2 is 2.06 bits per heavy atom. The zero-order valence-electron chi connectivity index (χ0n) is 10.7. The van der Waals surface area contributed by atoms with Crippen molar-refractivity contribution >= 4 is 17.8 Å². The number of rotatable bonds is 3. The van der Waals surface area contributed by atoms with E-state index in [1.54, 1.807) is 20.8 Å². The van der Waals surface area contributed by atoms with Crippen LogP contribution in [0.3, 0.4) is 0 Å². The number of hydrogen-bond acceptors (Lipinski definition) is 4. The number of carbonyl (C=O) groups excluding carboxylic acids is 2. The standard InChI is InChI=1S/C11H19N3O4/c1-11(2,3)8(10(17)18)14-9(16)6-4-13-7(15)5-12-6/h6,8,12H,4-5H2,1-3H3,(H,13,15)(H,14,16)(H,17,18)/t6?,8-/m1/s1. The van der Waals surface area contributed by atoms with Gasteiger partial charge in [-0.25, -0.2) is 4.79 Å². The molecule has 0 aliphatic carbocycles. The van der Waals surface area contributed by atoms with Crippen LogP contribution in [-0.4, -0.2) is 48.1 Å². The van der Waals surface area contributed by atoms with Crippen LogP contribution in [0.1, 0.15) is 20.8 Å². The average molecular weight is 257 g/mol. The van der Waals surface area contributed by atoms with Crippen LogP contribution in [0.5, 0.6) is 0 Å². The van der Waals surface area contributed by atoms with Gasteiger partial charge in [-0.15, -0.1) is 0 Å². The number of carboxylic acids is 1. The van der Waals surface area contributed by atoms with Crippen molar-refractivity contribution in [2.45, 2.75) is 32.9 Å². The van der Waals surface area contributed by atoms with E-state index in [-0.39, 0.29) is 19.0 Å². The van der Waals surface area contributed by atoms with Crippen molar-refractivity contribution in [3.63, 3.8) is 0 Å². The second-order valence-corrected chi connectivity index (χ2v) is 5.38. The van der Waals surface area contributed by atoms with Crippen molar-refractivity contribution in [2.24, 2.45) is 5.41 Å². The molecule has 0 aromatic heterocycles. The highest BCUT2D eigenvalue weighted by Gasteiger charge is 2.35. The summed E-state index contributed by atoms with van der Waals surface area (Å²) in [5.41, 5.74) is -0.584. The third-order valence-corrected chi connectivity index (χ3v) is 2.73. The van der Waals surface area contributed by atoms with Gasteiger partial charge >= 0.3 is 5.97 Å². The molecule has 0 aromatic carbocycles. The average Bonchev–Trinajstić information content (AvgIpc) is 2.24. The van der Waals surface area contributed by atoms with Crippen LogP contribution >= 0.6 is 0 Å². The summed E-state index contributed by atoms with van der Waals surface area (Å²) in [6.07, 6.45) is 0. The Balaban J connectivity index is 2.62. The van der Waals surface area contributed by atoms with Gasteiger partial charge in [0, 0.05) is 6.54 Å². The van der Waals surface area contributed by atoms with Crippen molar-refractivity contribution in [3.05, 3.63) is 0 Å². The first kappa shape index (κ1) is 14.4. The summed E-state index contributed by atoms with van der Waals surface area (Å²) in [5.74, 6) is -1.67. The molecule has 4 N–H and O–H groups in total. The Labute approximate surface area is 105 Å². The quantitative estimate of drug-likeness (QED) is 0.502. The van der Waals surface area contributed by atoms with Crippen LogP contribution in [0, 0.1) is 5.41 Å². The maximum Gasteiger partial charge on any atom is 0.326 e. The topological polar surface area (TPSA) is 108 Å². The highest BCUT2D eigenvalue weighted by molar-refractivity contribution is 5.89. The Kier molecular flexibility index (Phi) is 4.28. The molecule has 0 aromatic rings. The van der Waals surface area contributed by atoms with Gasteiger partial charge in [-0.1, -0.05) is 20.8 Å². The van der Waals surface area contributed by atoms with Crippen LogP contribution in [0.4, 0.5) is 0 Å². The maximum absolute atomic E-state index is 11.9. The Morgan fingerprint density at radius 3 is 2.44 bits per heavy atom. The second-order valence-electron chi connectivity index (χ2n) is 5.38. The van der Waals surface area contributed by atoms with E-state index in [0.29, 0.717) is 0 Å². The molecule has 1 aliphatic rings. The molecular formula is C11H19N3O4. The third kappa shape index (κ3) is 3.69. The highest BCUT2D eigenvalue weighted by atomic mass is 16.4. The van der Waals surface area contributed by atoms with Crippen LogP contribution in [0.2, 0.25) is 0 Å². The molecular weight excluding hydrogens is 238 g/mol. The molecule has 1 unspecified atom stereocenters. The van der Waals surface area contributed by atoms with E-state index in [0.717, 1.165) is 0 Å². The summed E-state index contributed by atoms with van der Waals surface area (Å²) in [6, 6.07) is -1.56. The molecule has 2 amide bonds. The molecule has 0 radical (unpaired) electrons. The van der Waals surface area contributed by atoms with E-state index in [1.807, 2.05) is 0 Å². The molecule has 0 saturated carbocycles. The monoisotopic (exact) mass is 257 g/mol. The predicted octanol–water partition coefficient (Wildman–Crippen LogP) is -1.31. The van der Waals surface area contributed by atoms with Gasteiger partial charge in [0.05, 0.1) is 6.54 Å². The molecule has 102 valence electrons. The van der Waals surface area contributed by atoms with E-state index < -0.39 is 29.4 Å². The molecule has 2 atom stereocenters. The van der Waals surface area contributed by atoms with Gasteiger partial charge < -0.3 is 15.7 Å². The van der Waals surface area contributed by atoms with Crippen LogP contribution in [0.25, 0.3) is 0 Å². The van der Waals surface area contributed by atoms with Gasteiger partial charge in [-0.3, -0.25) is 14.9 Å². The summed E-state index contributed by atoms with van der Waals surface area (Å²) >= 11 is 0. The normalized spacial score (nSPS) is 21.9. The smallest absolute Gasteiger partial charge is 0.326 e. The number of nitrogens with one attached hydrogen (secondary N) is 3. The van der Waals surface area contributed by atoms with E-state index in [4.69, 9.17) is 5.11 Å². The van der Waals surface area contributed by atoms with E-state index in [2.05, 4.69) is 16.0 Å². The molecule has 7 nitrogen and oxygen atoms in total. The SMILES string of the molecule is CC(C)(C)[C@H](NC(=O)C1CNC(=O)CN1)C(=O)O. The zero-order valence-corrected chi connectivity index (χ0v) is 10.7. The minimum Gasteiger partial charge on any atom is -0.480 e. The number of piperazine rings is 1. The number of carbonyl (C=O) groups is 3. The number of aliphatic carboxylic acids is 1. The molecule has 1 rings (SSSR count). The second kappa shape index (κ2) is 5.34. The molecule has 0 spiro atoms. The summed E-state index contributed by atoms with van der Waals surface area (Å²) < 4.78 is 0. The lowest BCUT2D eigenvalue weighted by molar-refractivity contribution is -0.145. The van der Waals surface area contributed by atoms with E-state index in [1.165, 1.54) is 0 Å². The van der Waals surface area contributed by atoms with Crippen molar-refractivity contribution in [3.8, 4) is 0 Å². The lowest BCUT2D eigenvalue weighted by Gasteiger charge is -2.30.